The van der Waals surface area contributed by atoms with Crippen molar-refractivity contribution in [2.75, 3.05) is 25.1 Å². The van der Waals surface area contributed by atoms with Crippen LogP contribution >= 0.6 is 23.2 Å². The molecule has 0 fully saturated rings. The molecule has 7 nitrogen and oxygen atoms in total. The molecule has 2 aliphatic rings. The molecule has 1 amide bonds. The highest BCUT2D eigenvalue weighted by Gasteiger charge is 2.25. The first kappa shape index (κ1) is 15.6. The fourth-order valence-corrected chi connectivity index (χ4v) is 3.53. The molecule has 9 heteroatoms. The van der Waals surface area contributed by atoms with Crippen LogP contribution in [0.2, 0.25) is 10.2 Å². The van der Waals surface area contributed by atoms with E-state index in [1.165, 1.54) is 0 Å². The molecule has 0 atom stereocenters. The molecule has 4 rings (SSSR count). The molecule has 0 spiro atoms. The van der Waals surface area contributed by atoms with Gasteiger partial charge < -0.3 is 14.8 Å². The Balaban J connectivity index is 1.90. The molecule has 126 valence electrons. The van der Waals surface area contributed by atoms with Crippen LogP contribution in [0, 0.1) is 0 Å². The van der Waals surface area contributed by atoms with Gasteiger partial charge in [-0.15, -0.1) is 0 Å². The monoisotopic (exact) mass is 369 g/mol. The summed E-state index contributed by atoms with van der Waals surface area (Å²) >= 11 is 12.8. The number of ether oxygens (including phenoxy) is 2. The third-order valence-corrected chi connectivity index (χ3v) is 4.74. The van der Waals surface area contributed by atoms with Crippen LogP contribution in [-0.2, 0) is 22.6 Å². The number of aromatic nitrogens is 2. The topological polar surface area (TPSA) is 74.5 Å². The maximum absolute atomic E-state index is 12.8. The van der Waals surface area contributed by atoms with Gasteiger partial charge in [0.05, 0.1) is 42.6 Å². The Labute approximate surface area is 146 Å². The van der Waals surface area contributed by atoms with Crippen LogP contribution in [0.15, 0.2) is 16.9 Å². The van der Waals surface area contributed by atoms with Gasteiger partial charge in [0.1, 0.15) is 10.9 Å². The average molecular weight is 370 g/mol. The summed E-state index contributed by atoms with van der Waals surface area (Å²) in [5.74, 6) is 0.206. The SMILES string of the molecule is O=C1COc2cc(Cl)c(-c3c(Cl)n4n(c3=O)CCOCC4)cc2N1. The standard InChI is InChI=1S/C15H13Cl2N3O4/c16-9-6-11-10(18-12(21)7-24-11)5-8(9)13-14(17)19-1-3-23-4-2-20(19)15(13)22/h5-6H,1-4,7H2,(H,18,21). The fourth-order valence-electron chi connectivity index (χ4n) is 2.93. The van der Waals surface area contributed by atoms with Crippen molar-refractivity contribution >= 4 is 34.8 Å². The van der Waals surface area contributed by atoms with Crippen LogP contribution in [0.3, 0.4) is 0 Å². The predicted molar refractivity (Wildman–Crippen MR) is 89.1 cm³/mol. The molecule has 3 heterocycles. The number of benzene rings is 1. The van der Waals surface area contributed by atoms with E-state index in [0.29, 0.717) is 59.0 Å². The van der Waals surface area contributed by atoms with E-state index in [1.807, 2.05) is 0 Å². The first-order valence-corrected chi connectivity index (χ1v) is 8.15. The number of carbonyl (C=O) groups is 1. The van der Waals surface area contributed by atoms with E-state index in [1.54, 1.807) is 21.5 Å². The van der Waals surface area contributed by atoms with Crippen molar-refractivity contribution < 1.29 is 14.3 Å². The maximum atomic E-state index is 12.8. The van der Waals surface area contributed by atoms with Crippen molar-refractivity contribution in [3.8, 4) is 16.9 Å². The summed E-state index contributed by atoms with van der Waals surface area (Å²) in [4.78, 5) is 24.3. The third-order valence-electron chi connectivity index (χ3n) is 4.04. The lowest BCUT2D eigenvalue weighted by molar-refractivity contribution is -0.118. The predicted octanol–water partition coefficient (Wildman–Crippen LogP) is 1.98. The minimum Gasteiger partial charge on any atom is -0.482 e. The second kappa shape index (κ2) is 5.84. The highest BCUT2D eigenvalue weighted by atomic mass is 35.5. The number of fused-ring (bicyclic) bond motifs is 2. The van der Waals surface area contributed by atoms with Crippen molar-refractivity contribution in [1.82, 2.24) is 9.36 Å². The minimum absolute atomic E-state index is 0.0629. The van der Waals surface area contributed by atoms with Crippen molar-refractivity contribution in [1.29, 1.82) is 0 Å². The number of nitrogens with zero attached hydrogens (tertiary/aromatic N) is 2. The van der Waals surface area contributed by atoms with E-state index in [9.17, 15) is 9.59 Å². The number of hydrogen-bond donors (Lipinski definition) is 1. The first-order valence-electron chi connectivity index (χ1n) is 7.39. The van der Waals surface area contributed by atoms with Gasteiger partial charge in [-0.2, -0.15) is 0 Å². The minimum atomic E-state index is -0.261. The van der Waals surface area contributed by atoms with Gasteiger partial charge in [0.15, 0.2) is 6.61 Å². The maximum Gasteiger partial charge on any atom is 0.276 e. The van der Waals surface area contributed by atoms with Crippen LogP contribution in [0.1, 0.15) is 0 Å². The van der Waals surface area contributed by atoms with Gasteiger partial charge in [-0.25, -0.2) is 4.68 Å². The molecule has 0 saturated carbocycles. The van der Waals surface area contributed by atoms with Gasteiger partial charge in [-0.1, -0.05) is 23.2 Å². The number of nitrogens with one attached hydrogen (secondary N) is 1. The normalized spacial score (nSPS) is 16.7. The Kier molecular flexibility index (Phi) is 3.79. The number of hydrogen-bond acceptors (Lipinski definition) is 4. The summed E-state index contributed by atoms with van der Waals surface area (Å²) in [6.07, 6.45) is 0. The summed E-state index contributed by atoms with van der Waals surface area (Å²) in [5, 5.41) is 3.34. The highest BCUT2D eigenvalue weighted by Crippen LogP contribution is 2.39. The van der Waals surface area contributed by atoms with E-state index in [2.05, 4.69) is 5.32 Å². The molecular weight excluding hydrogens is 357 g/mol. The van der Waals surface area contributed by atoms with E-state index in [0.717, 1.165) is 0 Å². The number of rotatable bonds is 1. The molecule has 2 aromatic rings. The lowest BCUT2D eigenvalue weighted by Crippen LogP contribution is -2.25. The molecule has 24 heavy (non-hydrogen) atoms. The Morgan fingerprint density at radius 1 is 1.08 bits per heavy atom. The molecule has 0 radical (unpaired) electrons. The van der Waals surface area contributed by atoms with E-state index in [-0.39, 0.29) is 18.1 Å². The molecule has 0 unspecified atom stereocenters. The molecule has 0 saturated heterocycles. The smallest absolute Gasteiger partial charge is 0.276 e. The number of carbonyl (C=O) groups excluding carboxylic acids is 1. The van der Waals surface area contributed by atoms with Crippen LogP contribution in [0.5, 0.6) is 5.75 Å². The van der Waals surface area contributed by atoms with Crippen LogP contribution in [0.4, 0.5) is 5.69 Å². The first-order chi connectivity index (χ1) is 11.6. The quantitative estimate of drug-likeness (QED) is 0.833. The Morgan fingerprint density at radius 2 is 1.83 bits per heavy atom. The van der Waals surface area contributed by atoms with E-state index >= 15 is 0 Å². The van der Waals surface area contributed by atoms with Gasteiger partial charge in [0.2, 0.25) is 0 Å². The number of halogens is 2. The Bertz CT molecular complexity index is 903. The van der Waals surface area contributed by atoms with Crippen molar-refractivity contribution in [3.05, 3.63) is 32.7 Å². The summed E-state index contributed by atoms with van der Waals surface area (Å²) in [6, 6.07) is 3.20. The third kappa shape index (κ3) is 2.40. The zero-order valence-corrected chi connectivity index (χ0v) is 14.0. The fraction of sp³-hybridized carbons (Fsp3) is 0.333. The van der Waals surface area contributed by atoms with Crippen molar-refractivity contribution in [2.45, 2.75) is 13.1 Å². The molecule has 1 N–H and O–H groups in total. The van der Waals surface area contributed by atoms with Crippen LogP contribution in [0.25, 0.3) is 11.1 Å². The van der Waals surface area contributed by atoms with E-state index in [4.69, 9.17) is 32.7 Å². The van der Waals surface area contributed by atoms with Gasteiger partial charge in [0, 0.05) is 11.6 Å². The Morgan fingerprint density at radius 3 is 2.62 bits per heavy atom. The zero-order valence-electron chi connectivity index (χ0n) is 12.5. The largest absolute Gasteiger partial charge is 0.482 e. The Hall–Kier alpha value is -1.96. The summed E-state index contributed by atoms with van der Waals surface area (Å²) in [6.45, 7) is 1.76. The molecule has 1 aromatic heterocycles. The van der Waals surface area contributed by atoms with Crippen molar-refractivity contribution in [2.24, 2.45) is 0 Å². The lowest BCUT2D eigenvalue weighted by Gasteiger charge is -2.19. The molecule has 0 bridgehead atoms. The molecule has 2 aliphatic heterocycles. The zero-order chi connectivity index (χ0) is 16.8. The second-order valence-electron chi connectivity index (χ2n) is 5.49. The molecular formula is C15H13Cl2N3O4. The molecule has 0 aliphatic carbocycles. The van der Waals surface area contributed by atoms with Gasteiger partial charge in [-0.05, 0) is 6.07 Å². The second-order valence-corrected chi connectivity index (χ2v) is 6.26. The van der Waals surface area contributed by atoms with Gasteiger partial charge in [-0.3, -0.25) is 14.3 Å². The summed E-state index contributed by atoms with van der Waals surface area (Å²) in [7, 11) is 0. The van der Waals surface area contributed by atoms with Crippen molar-refractivity contribution in [3.63, 3.8) is 0 Å². The van der Waals surface area contributed by atoms with Gasteiger partial charge >= 0.3 is 0 Å². The van der Waals surface area contributed by atoms with Crippen LogP contribution < -0.4 is 15.6 Å². The summed E-state index contributed by atoms with van der Waals surface area (Å²) in [5.41, 5.74) is 1.00. The number of anilines is 1. The van der Waals surface area contributed by atoms with Crippen LogP contribution in [-0.4, -0.2) is 35.1 Å². The van der Waals surface area contributed by atoms with E-state index < -0.39 is 0 Å². The summed E-state index contributed by atoms with van der Waals surface area (Å²) < 4.78 is 13.9. The van der Waals surface area contributed by atoms with Gasteiger partial charge in [0.25, 0.3) is 11.5 Å². The average Bonchev–Trinajstić information content (AvgIpc) is 2.74. The highest BCUT2D eigenvalue weighted by molar-refractivity contribution is 6.36. The lowest BCUT2D eigenvalue weighted by atomic mass is 10.1. The number of amides is 1. The molecule has 1 aromatic carbocycles.